The maximum atomic E-state index is 6.02. The lowest BCUT2D eigenvalue weighted by Crippen LogP contribution is -2.04. The third-order valence-corrected chi connectivity index (χ3v) is 3.48. The van der Waals surface area contributed by atoms with Crippen molar-refractivity contribution in [1.82, 2.24) is 19.7 Å². The summed E-state index contributed by atoms with van der Waals surface area (Å²) >= 11 is 6.02. The Kier molecular flexibility index (Phi) is 2.72. The summed E-state index contributed by atoms with van der Waals surface area (Å²) in [6, 6.07) is 11.5. The van der Waals surface area contributed by atoms with Gasteiger partial charge in [0.15, 0.2) is 11.4 Å². The Hall–Kier alpha value is -2.66. The van der Waals surface area contributed by atoms with Crippen LogP contribution in [0.1, 0.15) is 0 Å². The lowest BCUT2D eigenvalue weighted by Gasteiger charge is -2.07. The zero-order chi connectivity index (χ0) is 14.2. The molecule has 0 N–H and O–H groups in total. The highest BCUT2D eigenvalue weighted by atomic mass is 35.5. The van der Waals surface area contributed by atoms with E-state index >= 15 is 0 Å². The molecule has 0 amide bonds. The summed E-state index contributed by atoms with van der Waals surface area (Å²) in [6.45, 7) is 0. The fourth-order valence-electron chi connectivity index (χ4n) is 2.19. The standard InChI is InChI=1S/C15H9ClN4O/c16-14-12-5-7-20(15(12)19-9-18-14)21-11-4-3-10-2-1-6-17-13(10)8-11/h1-9H. The normalized spacial score (nSPS) is 11.1. The van der Waals surface area contributed by atoms with E-state index in [-0.39, 0.29) is 0 Å². The molecule has 3 heterocycles. The Morgan fingerprint density at radius 3 is 2.95 bits per heavy atom. The zero-order valence-electron chi connectivity index (χ0n) is 10.8. The second-order valence-corrected chi connectivity index (χ2v) is 4.85. The molecule has 0 radical (unpaired) electrons. The van der Waals surface area contributed by atoms with E-state index in [1.54, 1.807) is 17.1 Å². The molecule has 0 saturated heterocycles. The summed E-state index contributed by atoms with van der Waals surface area (Å²) in [4.78, 5) is 18.3. The van der Waals surface area contributed by atoms with Gasteiger partial charge in [-0.2, -0.15) is 4.73 Å². The monoisotopic (exact) mass is 296 g/mol. The van der Waals surface area contributed by atoms with E-state index in [2.05, 4.69) is 15.0 Å². The van der Waals surface area contributed by atoms with E-state index in [1.807, 2.05) is 36.4 Å². The second-order valence-electron chi connectivity index (χ2n) is 4.49. The Morgan fingerprint density at radius 1 is 1.05 bits per heavy atom. The Bertz CT molecular complexity index is 951. The van der Waals surface area contributed by atoms with Crippen molar-refractivity contribution in [3.05, 3.63) is 60.3 Å². The van der Waals surface area contributed by atoms with Crippen LogP contribution in [0.5, 0.6) is 5.75 Å². The van der Waals surface area contributed by atoms with Gasteiger partial charge in [0, 0.05) is 23.8 Å². The van der Waals surface area contributed by atoms with Crippen molar-refractivity contribution in [3.8, 4) is 5.75 Å². The number of aromatic nitrogens is 4. The van der Waals surface area contributed by atoms with E-state index in [0.29, 0.717) is 16.5 Å². The lowest BCUT2D eigenvalue weighted by molar-refractivity contribution is 0.227. The first-order valence-electron chi connectivity index (χ1n) is 6.32. The summed E-state index contributed by atoms with van der Waals surface area (Å²) in [7, 11) is 0. The van der Waals surface area contributed by atoms with Crippen LogP contribution in [0.2, 0.25) is 5.15 Å². The average Bonchev–Trinajstić information content (AvgIpc) is 2.92. The van der Waals surface area contributed by atoms with Gasteiger partial charge in [0.2, 0.25) is 0 Å². The molecule has 0 aliphatic rings. The minimum absolute atomic E-state index is 0.405. The molecule has 1 aromatic carbocycles. The summed E-state index contributed by atoms with van der Waals surface area (Å²) in [5.74, 6) is 0.674. The maximum Gasteiger partial charge on any atom is 0.180 e. The Morgan fingerprint density at radius 2 is 2.00 bits per heavy atom. The maximum absolute atomic E-state index is 6.02. The van der Waals surface area contributed by atoms with Crippen LogP contribution in [0.3, 0.4) is 0 Å². The van der Waals surface area contributed by atoms with Crippen molar-refractivity contribution in [2.45, 2.75) is 0 Å². The molecule has 0 spiro atoms. The minimum atomic E-state index is 0.405. The van der Waals surface area contributed by atoms with Crippen LogP contribution < -0.4 is 4.84 Å². The number of nitrogens with zero attached hydrogens (tertiary/aromatic N) is 4. The number of fused-ring (bicyclic) bond motifs is 2. The number of hydrogen-bond acceptors (Lipinski definition) is 4. The number of halogens is 1. The third kappa shape index (κ3) is 2.08. The molecule has 3 aromatic heterocycles. The topological polar surface area (TPSA) is 52.8 Å². The minimum Gasteiger partial charge on any atom is -0.374 e. The van der Waals surface area contributed by atoms with E-state index < -0.39 is 0 Å². The zero-order valence-corrected chi connectivity index (χ0v) is 11.5. The predicted molar refractivity (Wildman–Crippen MR) is 80.3 cm³/mol. The first-order valence-corrected chi connectivity index (χ1v) is 6.70. The van der Waals surface area contributed by atoms with Gasteiger partial charge in [-0.3, -0.25) is 4.98 Å². The number of hydrogen-bond donors (Lipinski definition) is 0. The molecule has 0 aliphatic carbocycles. The van der Waals surface area contributed by atoms with Crippen molar-refractivity contribution < 1.29 is 4.84 Å². The van der Waals surface area contributed by atoms with Crippen molar-refractivity contribution in [1.29, 1.82) is 0 Å². The number of benzene rings is 1. The molecule has 21 heavy (non-hydrogen) atoms. The molecule has 0 fully saturated rings. The van der Waals surface area contributed by atoms with Crippen LogP contribution >= 0.6 is 11.6 Å². The fourth-order valence-corrected chi connectivity index (χ4v) is 2.38. The van der Waals surface area contributed by atoms with Gasteiger partial charge in [-0.05, 0) is 24.3 Å². The summed E-state index contributed by atoms with van der Waals surface area (Å²) < 4.78 is 1.56. The van der Waals surface area contributed by atoms with Gasteiger partial charge in [0.05, 0.1) is 10.9 Å². The van der Waals surface area contributed by atoms with Crippen molar-refractivity contribution >= 4 is 33.5 Å². The van der Waals surface area contributed by atoms with E-state index in [4.69, 9.17) is 16.4 Å². The Labute approximate surface area is 124 Å². The summed E-state index contributed by atoms with van der Waals surface area (Å²) in [5.41, 5.74) is 1.50. The molecular formula is C15H9ClN4O. The molecule has 4 rings (SSSR count). The highest BCUT2D eigenvalue weighted by molar-refractivity contribution is 6.33. The lowest BCUT2D eigenvalue weighted by atomic mass is 10.2. The molecule has 0 bridgehead atoms. The number of pyridine rings is 1. The van der Waals surface area contributed by atoms with Crippen LogP contribution in [0.4, 0.5) is 0 Å². The molecule has 0 atom stereocenters. The summed E-state index contributed by atoms with van der Waals surface area (Å²) in [6.07, 6.45) is 4.92. The second kappa shape index (κ2) is 4.71. The van der Waals surface area contributed by atoms with Gasteiger partial charge in [-0.1, -0.05) is 17.7 Å². The molecule has 102 valence electrons. The predicted octanol–water partition coefficient (Wildman–Crippen LogP) is 3.48. The third-order valence-electron chi connectivity index (χ3n) is 3.18. The van der Waals surface area contributed by atoms with Crippen LogP contribution in [0.15, 0.2) is 55.1 Å². The number of rotatable bonds is 2. The molecule has 0 unspecified atom stereocenters. The largest absolute Gasteiger partial charge is 0.374 e. The molecule has 0 aliphatic heterocycles. The first-order chi connectivity index (χ1) is 10.3. The van der Waals surface area contributed by atoms with E-state index in [1.165, 1.54) is 6.33 Å². The quantitative estimate of drug-likeness (QED) is 0.531. The SMILES string of the molecule is Clc1ncnc2c1ccn2Oc1ccc2cccnc2c1. The highest BCUT2D eigenvalue weighted by Gasteiger charge is 2.08. The Balaban J connectivity index is 1.77. The molecule has 5 nitrogen and oxygen atoms in total. The molecule has 4 aromatic rings. The van der Waals surface area contributed by atoms with Crippen molar-refractivity contribution in [3.63, 3.8) is 0 Å². The van der Waals surface area contributed by atoms with Crippen LogP contribution in [0, 0.1) is 0 Å². The molecule has 0 saturated carbocycles. The van der Waals surface area contributed by atoms with Gasteiger partial charge in [0.25, 0.3) is 0 Å². The van der Waals surface area contributed by atoms with Crippen molar-refractivity contribution in [2.24, 2.45) is 0 Å². The summed E-state index contributed by atoms with van der Waals surface area (Å²) in [5, 5.41) is 2.22. The van der Waals surface area contributed by atoms with Crippen LogP contribution in [-0.4, -0.2) is 19.7 Å². The van der Waals surface area contributed by atoms with Crippen LogP contribution in [-0.2, 0) is 0 Å². The molecule has 6 heteroatoms. The van der Waals surface area contributed by atoms with Crippen molar-refractivity contribution in [2.75, 3.05) is 0 Å². The van der Waals surface area contributed by atoms with Gasteiger partial charge in [-0.25, -0.2) is 9.97 Å². The van der Waals surface area contributed by atoms with Gasteiger partial charge in [0.1, 0.15) is 11.5 Å². The van der Waals surface area contributed by atoms with E-state index in [0.717, 1.165) is 16.3 Å². The van der Waals surface area contributed by atoms with Gasteiger partial charge < -0.3 is 4.84 Å². The van der Waals surface area contributed by atoms with E-state index in [9.17, 15) is 0 Å². The molecular weight excluding hydrogens is 288 g/mol. The fraction of sp³-hybridized carbons (Fsp3) is 0. The first kappa shape index (κ1) is 12.1. The van der Waals surface area contributed by atoms with Crippen LogP contribution in [0.25, 0.3) is 21.9 Å². The smallest absolute Gasteiger partial charge is 0.180 e. The van der Waals surface area contributed by atoms with Gasteiger partial charge in [-0.15, -0.1) is 0 Å². The average molecular weight is 297 g/mol. The highest BCUT2D eigenvalue weighted by Crippen LogP contribution is 2.23. The van der Waals surface area contributed by atoms with Gasteiger partial charge >= 0.3 is 0 Å².